The van der Waals surface area contributed by atoms with Crippen LogP contribution in [0.2, 0.25) is 0 Å². The molecule has 7 aromatic carbocycles. The number of nitrogens with zero attached hydrogens (tertiary/aromatic N) is 2. The van der Waals surface area contributed by atoms with Gasteiger partial charge in [-0.2, -0.15) is 0 Å². The van der Waals surface area contributed by atoms with Crippen LogP contribution in [0.15, 0.2) is 133 Å². The van der Waals surface area contributed by atoms with E-state index in [1.54, 1.807) is 6.07 Å². The van der Waals surface area contributed by atoms with Crippen molar-refractivity contribution in [2.24, 2.45) is 0 Å². The first-order chi connectivity index (χ1) is 26.4. The summed E-state index contributed by atoms with van der Waals surface area (Å²) in [6, 6.07) is 45.8. The van der Waals surface area contributed by atoms with Gasteiger partial charge in [0.05, 0.1) is 0 Å². The van der Waals surface area contributed by atoms with Crippen molar-refractivity contribution in [3.05, 3.63) is 156 Å². The maximum absolute atomic E-state index is 10.2. The molecule has 0 aliphatic heterocycles. The molecule has 0 heterocycles. The van der Waals surface area contributed by atoms with E-state index in [-0.39, 0.29) is 0 Å². The lowest BCUT2D eigenvalue weighted by Crippen LogP contribution is -2.36. The summed E-state index contributed by atoms with van der Waals surface area (Å²) in [4.78, 5) is 4.88. The van der Waals surface area contributed by atoms with E-state index in [1.807, 2.05) is 48.5 Å². The zero-order valence-corrected chi connectivity index (χ0v) is 31.0. The van der Waals surface area contributed by atoms with Gasteiger partial charge in [-0.05, 0) is 91.4 Å². The Balaban J connectivity index is 0.974. The van der Waals surface area contributed by atoms with Crippen LogP contribution in [0.4, 0.5) is 0 Å². The molecular formula is C46H50B2N2O4. The fraction of sp³-hybridized carbons (Fsp3) is 0.261. The summed E-state index contributed by atoms with van der Waals surface area (Å²) >= 11 is 0. The van der Waals surface area contributed by atoms with E-state index in [0.29, 0.717) is 24.0 Å². The van der Waals surface area contributed by atoms with Crippen LogP contribution in [-0.2, 0) is 26.2 Å². The summed E-state index contributed by atoms with van der Waals surface area (Å²) in [7, 11) is -2.98. The van der Waals surface area contributed by atoms with Gasteiger partial charge in [0, 0.05) is 26.2 Å². The standard InChI is InChI=1S/C46H50B2N2O4/c51-47(52)43-21-10-8-17-40(43)33-49(31-35-15-6-5-7-16-35)29-12-3-1-2-4-13-30-50(34-41-18-9-11-22-44(41)48(53)54)32-39-26-25-38-24-23-36-19-14-20-37-27-28-42(39)46(38)45(36)37/h5-11,14-28,51-54H,1-4,12-13,29-34H2. The van der Waals surface area contributed by atoms with Gasteiger partial charge in [0.25, 0.3) is 0 Å². The maximum Gasteiger partial charge on any atom is 0.488 e. The van der Waals surface area contributed by atoms with Gasteiger partial charge in [0.15, 0.2) is 0 Å². The molecule has 0 aliphatic rings. The third-order valence-corrected chi connectivity index (χ3v) is 10.9. The van der Waals surface area contributed by atoms with Crippen molar-refractivity contribution in [2.75, 3.05) is 13.1 Å². The zero-order chi connectivity index (χ0) is 37.3. The largest absolute Gasteiger partial charge is 0.488 e. The van der Waals surface area contributed by atoms with E-state index in [9.17, 15) is 20.1 Å². The molecule has 0 spiro atoms. The highest BCUT2D eigenvalue weighted by Gasteiger charge is 2.20. The second-order valence-corrected chi connectivity index (χ2v) is 14.8. The molecule has 0 amide bonds. The molecule has 54 heavy (non-hydrogen) atoms. The Morgan fingerprint density at radius 2 is 0.833 bits per heavy atom. The number of rotatable bonds is 19. The Bertz CT molecular complexity index is 2230. The lowest BCUT2D eigenvalue weighted by Gasteiger charge is -2.25. The predicted octanol–water partition coefficient (Wildman–Crippen LogP) is 6.99. The summed E-state index contributed by atoms with van der Waals surface area (Å²) in [5.74, 6) is 0. The van der Waals surface area contributed by atoms with Crippen LogP contribution in [0.3, 0.4) is 0 Å². The van der Waals surface area contributed by atoms with Crippen LogP contribution in [-0.4, -0.2) is 57.2 Å². The molecule has 7 aromatic rings. The average Bonchev–Trinajstić information content (AvgIpc) is 3.19. The van der Waals surface area contributed by atoms with Crippen LogP contribution in [0, 0.1) is 0 Å². The second-order valence-electron chi connectivity index (χ2n) is 14.8. The Labute approximate surface area is 319 Å². The summed E-state index contributed by atoms with van der Waals surface area (Å²) in [6.07, 6.45) is 6.75. The van der Waals surface area contributed by atoms with E-state index in [1.165, 1.54) is 49.9 Å². The molecule has 6 nitrogen and oxygen atoms in total. The van der Waals surface area contributed by atoms with Crippen LogP contribution >= 0.6 is 0 Å². The minimum atomic E-state index is -1.50. The van der Waals surface area contributed by atoms with Crippen LogP contribution in [0.1, 0.15) is 60.8 Å². The van der Waals surface area contributed by atoms with Crippen LogP contribution < -0.4 is 10.9 Å². The molecule has 0 radical (unpaired) electrons. The highest BCUT2D eigenvalue weighted by Crippen LogP contribution is 2.36. The van der Waals surface area contributed by atoms with Gasteiger partial charge in [-0.25, -0.2) is 0 Å². The van der Waals surface area contributed by atoms with E-state index in [2.05, 4.69) is 88.7 Å². The third kappa shape index (κ3) is 9.22. The Kier molecular flexibility index (Phi) is 12.7. The first-order valence-electron chi connectivity index (χ1n) is 19.5. The Hall–Kier alpha value is -4.53. The minimum Gasteiger partial charge on any atom is -0.423 e. The van der Waals surface area contributed by atoms with E-state index in [0.717, 1.165) is 69.4 Å². The number of unbranched alkanes of at least 4 members (excludes halogenated alkanes) is 5. The van der Waals surface area contributed by atoms with E-state index < -0.39 is 14.2 Å². The summed E-state index contributed by atoms with van der Waals surface area (Å²) in [5, 5.41) is 47.9. The fourth-order valence-corrected chi connectivity index (χ4v) is 8.16. The Morgan fingerprint density at radius 3 is 1.43 bits per heavy atom. The van der Waals surface area contributed by atoms with Gasteiger partial charge in [0.2, 0.25) is 0 Å². The smallest absolute Gasteiger partial charge is 0.423 e. The molecule has 0 aromatic heterocycles. The number of benzene rings is 7. The van der Waals surface area contributed by atoms with Crippen LogP contribution in [0.25, 0.3) is 32.3 Å². The summed E-state index contributed by atoms with van der Waals surface area (Å²) in [5.41, 5.74) is 5.57. The monoisotopic (exact) mass is 716 g/mol. The van der Waals surface area contributed by atoms with Gasteiger partial charge >= 0.3 is 14.2 Å². The Morgan fingerprint density at radius 1 is 0.370 bits per heavy atom. The first kappa shape index (κ1) is 37.8. The molecular weight excluding hydrogens is 666 g/mol. The van der Waals surface area contributed by atoms with Gasteiger partial charge in [-0.15, -0.1) is 0 Å². The molecule has 7 rings (SSSR count). The maximum atomic E-state index is 10.2. The highest BCUT2D eigenvalue weighted by molar-refractivity contribution is 6.59. The van der Waals surface area contributed by atoms with Crippen molar-refractivity contribution >= 4 is 57.5 Å². The fourth-order valence-electron chi connectivity index (χ4n) is 8.16. The number of hydrogen-bond donors (Lipinski definition) is 4. The summed E-state index contributed by atoms with van der Waals surface area (Å²) in [6.45, 7) is 4.75. The quantitative estimate of drug-likeness (QED) is 0.0411. The van der Waals surface area contributed by atoms with Gasteiger partial charge in [-0.1, -0.05) is 159 Å². The first-order valence-corrected chi connectivity index (χ1v) is 19.5. The van der Waals surface area contributed by atoms with Crippen LogP contribution in [0.5, 0.6) is 0 Å². The van der Waals surface area contributed by atoms with Gasteiger partial charge < -0.3 is 20.1 Å². The minimum absolute atomic E-state index is 0.565. The lowest BCUT2D eigenvalue weighted by atomic mass is 9.77. The molecule has 274 valence electrons. The third-order valence-electron chi connectivity index (χ3n) is 10.9. The molecule has 0 aliphatic carbocycles. The van der Waals surface area contributed by atoms with E-state index in [4.69, 9.17) is 0 Å². The van der Waals surface area contributed by atoms with Gasteiger partial charge in [-0.3, -0.25) is 9.80 Å². The van der Waals surface area contributed by atoms with E-state index >= 15 is 0 Å². The molecule has 4 N–H and O–H groups in total. The second kappa shape index (κ2) is 18.2. The van der Waals surface area contributed by atoms with Crippen molar-refractivity contribution in [3.8, 4) is 0 Å². The topological polar surface area (TPSA) is 87.4 Å². The van der Waals surface area contributed by atoms with Crippen molar-refractivity contribution in [1.29, 1.82) is 0 Å². The zero-order valence-electron chi connectivity index (χ0n) is 31.0. The summed E-state index contributed by atoms with van der Waals surface area (Å²) < 4.78 is 0. The molecule has 0 atom stereocenters. The van der Waals surface area contributed by atoms with Crippen molar-refractivity contribution in [1.82, 2.24) is 9.80 Å². The SMILES string of the molecule is OB(O)c1ccccc1CN(CCCCCCCCN(Cc1ccccc1B(O)O)Cc1ccc2ccc3cccc4ccc1c2c34)Cc1ccccc1. The van der Waals surface area contributed by atoms with Crippen molar-refractivity contribution in [3.63, 3.8) is 0 Å². The lowest BCUT2D eigenvalue weighted by molar-refractivity contribution is 0.246. The molecule has 0 bridgehead atoms. The highest BCUT2D eigenvalue weighted by atomic mass is 16.4. The average molecular weight is 717 g/mol. The number of hydrogen-bond acceptors (Lipinski definition) is 6. The normalized spacial score (nSPS) is 11.8. The van der Waals surface area contributed by atoms with Gasteiger partial charge in [0.1, 0.15) is 0 Å². The van der Waals surface area contributed by atoms with Crippen molar-refractivity contribution in [2.45, 2.75) is 64.7 Å². The predicted molar refractivity (Wildman–Crippen MR) is 225 cm³/mol. The molecule has 8 heteroatoms. The molecule has 0 saturated heterocycles. The molecule has 0 saturated carbocycles. The molecule has 0 unspecified atom stereocenters. The molecule has 0 fully saturated rings. The van der Waals surface area contributed by atoms with Crippen molar-refractivity contribution < 1.29 is 20.1 Å².